The Morgan fingerprint density at radius 2 is 1.79 bits per heavy atom. The number of para-hydroxylation sites is 1. The summed E-state index contributed by atoms with van der Waals surface area (Å²) in [5.74, 6) is -0.215. The summed E-state index contributed by atoms with van der Waals surface area (Å²) in [6, 6.07) is 14.0. The molecule has 7 nitrogen and oxygen atoms in total. The third-order valence-corrected chi connectivity index (χ3v) is 5.22. The summed E-state index contributed by atoms with van der Waals surface area (Å²) in [5.41, 5.74) is 2.58. The zero-order valence-corrected chi connectivity index (χ0v) is 15.9. The molecule has 0 saturated carbocycles. The monoisotopic (exact) mass is 404 g/mol. The first-order chi connectivity index (χ1) is 14.1. The highest BCUT2D eigenvalue weighted by atomic mass is 35.5. The van der Waals surface area contributed by atoms with Crippen molar-refractivity contribution in [2.24, 2.45) is 0 Å². The number of aromatic amines is 1. The summed E-state index contributed by atoms with van der Waals surface area (Å²) in [6.07, 6.45) is 1.38. The van der Waals surface area contributed by atoms with E-state index in [0.29, 0.717) is 33.2 Å². The van der Waals surface area contributed by atoms with Crippen molar-refractivity contribution in [1.82, 2.24) is 15.2 Å². The number of rotatable bonds is 3. The molecular weight excluding hydrogens is 392 g/mol. The summed E-state index contributed by atoms with van der Waals surface area (Å²) >= 11 is 6.24. The van der Waals surface area contributed by atoms with E-state index in [1.54, 1.807) is 31.4 Å². The molecule has 0 atom stereocenters. The number of amides is 2. The van der Waals surface area contributed by atoms with Crippen molar-refractivity contribution in [1.29, 1.82) is 0 Å². The topological polar surface area (TPSA) is 88.2 Å². The first-order valence-electron chi connectivity index (χ1n) is 8.75. The van der Waals surface area contributed by atoms with Gasteiger partial charge in [-0.15, -0.1) is 0 Å². The zero-order valence-electron chi connectivity index (χ0n) is 15.1. The number of nitrogens with one attached hydrogen (secondary N) is 1. The molecule has 0 aliphatic carbocycles. The summed E-state index contributed by atoms with van der Waals surface area (Å²) in [6.45, 7) is 0. The van der Waals surface area contributed by atoms with Crippen molar-refractivity contribution < 1.29 is 14.3 Å². The minimum absolute atomic E-state index is 0.221. The number of carbonyl (C=O) groups is 2. The van der Waals surface area contributed by atoms with Crippen LogP contribution in [0.1, 0.15) is 20.7 Å². The Morgan fingerprint density at radius 3 is 2.52 bits per heavy atom. The molecule has 4 aromatic rings. The minimum Gasteiger partial charge on any atom is -0.497 e. The van der Waals surface area contributed by atoms with Crippen molar-refractivity contribution in [2.75, 3.05) is 12.0 Å². The fraction of sp³-hybridized carbons (Fsp3) is 0.0476. The highest BCUT2D eigenvalue weighted by molar-refractivity contribution is 6.41. The van der Waals surface area contributed by atoms with Crippen LogP contribution in [0.4, 0.5) is 5.69 Å². The molecule has 1 aliphatic heterocycles. The maximum Gasteiger partial charge on any atom is 0.267 e. The van der Waals surface area contributed by atoms with E-state index in [1.807, 2.05) is 24.3 Å². The van der Waals surface area contributed by atoms with Gasteiger partial charge < -0.3 is 4.74 Å². The molecule has 8 heteroatoms. The van der Waals surface area contributed by atoms with Crippen molar-refractivity contribution in [3.05, 3.63) is 70.9 Å². The molecule has 3 heterocycles. The number of carbonyl (C=O) groups excluding carboxylic acids is 2. The second kappa shape index (κ2) is 6.42. The quantitative estimate of drug-likeness (QED) is 0.519. The van der Waals surface area contributed by atoms with Crippen LogP contribution >= 0.6 is 11.6 Å². The number of H-pyrrole nitrogens is 1. The number of anilines is 1. The maximum atomic E-state index is 13.3. The smallest absolute Gasteiger partial charge is 0.267 e. The van der Waals surface area contributed by atoms with Crippen LogP contribution in [0.3, 0.4) is 0 Å². The molecule has 1 aliphatic rings. The predicted octanol–water partition coefficient (Wildman–Crippen LogP) is 4.09. The Kier molecular flexibility index (Phi) is 3.85. The molecule has 0 fully saturated rings. The number of benzene rings is 2. The van der Waals surface area contributed by atoms with Crippen LogP contribution in [0.15, 0.2) is 54.7 Å². The van der Waals surface area contributed by atoms with E-state index in [4.69, 9.17) is 16.3 Å². The molecule has 0 unspecified atom stereocenters. The number of ether oxygens (including phenoxy) is 1. The van der Waals surface area contributed by atoms with E-state index in [9.17, 15) is 9.59 Å². The Labute approximate surface area is 169 Å². The summed E-state index contributed by atoms with van der Waals surface area (Å²) < 4.78 is 5.20. The van der Waals surface area contributed by atoms with E-state index in [0.717, 1.165) is 10.5 Å². The summed E-state index contributed by atoms with van der Waals surface area (Å²) in [7, 11) is 1.59. The first-order valence-corrected chi connectivity index (χ1v) is 9.12. The van der Waals surface area contributed by atoms with Gasteiger partial charge in [-0.2, -0.15) is 5.10 Å². The van der Waals surface area contributed by atoms with Crippen LogP contribution in [0.25, 0.3) is 22.3 Å². The van der Waals surface area contributed by atoms with Crippen molar-refractivity contribution >= 4 is 40.1 Å². The van der Waals surface area contributed by atoms with Crippen LogP contribution in [-0.2, 0) is 0 Å². The van der Waals surface area contributed by atoms with Crippen LogP contribution < -0.4 is 9.64 Å². The van der Waals surface area contributed by atoms with E-state index in [2.05, 4.69) is 15.2 Å². The van der Waals surface area contributed by atoms with E-state index in [-0.39, 0.29) is 11.1 Å². The number of hydrogen-bond acceptors (Lipinski definition) is 5. The fourth-order valence-corrected chi connectivity index (χ4v) is 3.74. The molecule has 1 N–H and O–H groups in total. The van der Waals surface area contributed by atoms with Crippen LogP contribution in [0.5, 0.6) is 5.75 Å². The second-order valence-corrected chi connectivity index (χ2v) is 6.88. The molecule has 0 saturated heterocycles. The Hall–Kier alpha value is -3.71. The fourth-order valence-electron chi connectivity index (χ4n) is 3.51. The minimum atomic E-state index is -0.464. The third-order valence-electron chi connectivity index (χ3n) is 4.90. The number of fused-ring (bicyclic) bond motifs is 3. The lowest BCUT2D eigenvalue weighted by atomic mass is 10.0. The number of halogens is 1. The third kappa shape index (κ3) is 2.51. The van der Waals surface area contributed by atoms with Gasteiger partial charge >= 0.3 is 0 Å². The van der Waals surface area contributed by atoms with Crippen LogP contribution in [-0.4, -0.2) is 34.1 Å². The van der Waals surface area contributed by atoms with Crippen molar-refractivity contribution in [3.63, 3.8) is 0 Å². The van der Waals surface area contributed by atoms with E-state index < -0.39 is 11.8 Å². The first kappa shape index (κ1) is 17.4. The van der Waals surface area contributed by atoms with Gasteiger partial charge in [-0.05, 0) is 36.4 Å². The van der Waals surface area contributed by atoms with Gasteiger partial charge in [-0.25, -0.2) is 9.88 Å². The lowest BCUT2D eigenvalue weighted by Gasteiger charge is -2.15. The van der Waals surface area contributed by atoms with Crippen LogP contribution in [0.2, 0.25) is 5.02 Å². The molecule has 0 spiro atoms. The average molecular weight is 405 g/mol. The number of pyridine rings is 1. The maximum absolute atomic E-state index is 13.3. The van der Waals surface area contributed by atoms with Gasteiger partial charge in [-0.3, -0.25) is 14.7 Å². The number of aromatic nitrogens is 3. The normalized spacial score (nSPS) is 13.2. The van der Waals surface area contributed by atoms with Crippen molar-refractivity contribution in [3.8, 4) is 17.0 Å². The average Bonchev–Trinajstić information content (AvgIpc) is 3.28. The highest BCUT2D eigenvalue weighted by Crippen LogP contribution is 2.38. The predicted molar refractivity (Wildman–Crippen MR) is 108 cm³/mol. The van der Waals surface area contributed by atoms with E-state index in [1.165, 1.54) is 6.20 Å². The molecule has 5 rings (SSSR count). The molecule has 0 radical (unpaired) electrons. The van der Waals surface area contributed by atoms with Gasteiger partial charge in [0, 0.05) is 11.8 Å². The van der Waals surface area contributed by atoms with Gasteiger partial charge in [-0.1, -0.05) is 23.7 Å². The van der Waals surface area contributed by atoms with Gasteiger partial charge in [0.25, 0.3) is 11.8 Å². The molecule has 2 amide bonds. The van der Waals surface area contributed by atoms with Gasteiger partial charge in [0.1, 0.15) is 5.75 Å². The number of hydrogen-bond donors (Lipinski definition) is 1. The lowest BCUT2D eigenvalue weighted by Crippen LogP contribution is -2.29. The number of nitrogens with zero attached hydrogens (tertiary/aromatic N) is 3. The molecule has 29 heavy (non-hydrogen) atoms. The van der Waals surface area contributed by atoms with Crippen molar-refractivity contribution in [2.45, 2.75) is 0 Å². The molecule has 2 aromatic carbocycles. The Morgan fingerprint density at radius 1 is 1.03 bits per heavy atom. The zero-order chi connectivity index (χ0) is 20.1. The SMILES string of the molecule is COc1ccc(-c2[nH]nc3ncc4c(c23)C(=O)N(c2ccccc2Cl)C4=O)cc1. The van der Waals surface area contributed by atoms with Gasteiger partial charge in [0.15, 0.2) is 5.65 Å². The number of imide groups is 1. The molecular formula is C21H13ClN4O3. The summed E-state index contributed by atoms with van der Waals surface area (Å²) in [4.78, 5) is 31.7. The standard InChI is InChI=1S/C21H13ClN4O3/c1-29-12-8-6-11(7-9-12)18-17-16-13(10-23-19(17)25-24-18)20(27)26(21(16)28)15-5-3-2-4-14(15)22/h2-10H,1H3,(H,23,24,25). The lowest BCUT2D eigenvalue weighted by molar-refractivity contribution is 0.0926. The van der Waals surface area contributed by atoms with Gasteiger partial charge in [0.2, 0.25) is 0 Å². The van der Waals surface area contributed by atoms with E-state index >= 15 is 0 Å². The molecule has 142 valence electrons. The second-order valence-electron chi connectivity index (χ2n) is 6.47. The summed E-state index contributed by atoms with van der Waals surface area (Å²) in [5, 5.41) is 7.97. The Bertz CT molecular complexity index is 1300. The highest BCUT2D eigenvalue weighted by Gasteiger charge is 2.40. The molecule has 2 aromatic heterocycles. The largest absolute Gasteiger partial charge is 0.497 e. The molecule has 0 bridgehead atoms. The van der Waals surface area contributed by atoms with Gasteiger partial charge in [0.05, 0.1) is 40.0 Å². The Balaban J connectivity index is 1.72. The number of methoxy groups -OCH3 is 1. The van der Waals surface area contributed by atoms with Crippen LogP contribution in [0, 0.1) is 0 Å².